The molecule has 28 heavy (non-hydrogen) atoms. The molecule has 1 aromatic heterocycles. The number of benzene rings is 2. The van der Waals surface area contributed by atoms with Crippen molar-refractivity contribution >= 4 is 26.7 Å². The molecule has 0 aliphatic rings. The number of aryl methyl sites for hydroxylation is 1. The molecule has 0 atom stereocenters. The second-order valence-electron chi connectivity index (χ2n) is 6.55. The fourth-order valence-corrected chi connectivity index (χ4v) is 3.86. The van der Waals surface area contributed by atoms with Crippen LogP contribution in [0, 0.1) is 0 Å². The fourth-order valence-electron chi connectivity index (χ4n) is 3.23. The Hall–Kier alpha value is -2.93. The number of hydrogen-bond donors (Lipinski definition) is 0. The molecule has 146 valence electrons. The molecular formula is C21H21NO5S. The molecule has 0 aliphatic carbocycles. The minimum atomic E-state index is -3.31. The molecule has 7 heteroatoms. The van der Waals surface area contributed by atoms with Gasteiger partial charge in [-0.15, -0.1) is 0 Å². The first-order valence-electron chi connectivity index (χ1n) is 8.80. The lowest BCUT2D eigenvalue weighted by Crippen LogP contribution is -2.24. The van der Waals surface area contributed by atoms with Gasteiger partial charge < -0.3 is 9.30 Å². The third-order valence-electron chi connectivity index (χ3n) is 4.61. The van der Waals surface area contributed by atoms with Crippen LogP contribution in [0.15, 0.2) is 58.2 Å². The summed E-state index contributed by atoms with van der Waals surface area (Å²) in [4.78, 5) is 25.9. The Kier molecular flexibility index (Phi) is 5.38. The highest BCUT2D eigenvalue weighted by Crippen LogP contribution is 2.20. The van der Waals surface area contributed by atoms with Crippen LogP contribution >= 0.6 is 0 Å². The predicted molar refractivity (Wildman–Crippen MR) is 108 cm³/mol. The standard InChI is InChI=1S/C21H21NO5S/c1-4-27-21(24)19-17(13-14-9-11-15(12-10-14)28(3,25)26)20(23)16-7-5-6-8-18(16)22(19)2/h5-12H,4,13H2,1-3H3. The summed E-state index contributed by atoms with van der Waals surface area (Å²) in [5, 5.41) is 0.515. The van der Waals surface area contributed by atoms with E-state index in [9.17, 15) is 18.0 Å². The lowest BCUT2D eigenvalue weighted by molar-refractivity contribution is 0.0513. The topological polar surface area (TPSA) is 82.4 Å². The van der Waals surface area contributed by atoms with E-state index in [1.165, 1.54) is 12.1 Å². The van der Waals surface area contributed by atoms with Gasteiger partial charge in [-0.25, -0.2) is 13.2 Å². The third-order valence-corrected chi connectivity index (χ3v) is 5.74. The number of ether oxygens (including phenoxy) is 1. The van der Waals surface area contributed by atoms with Crippen LogP contribution in [-0.4, -0.2) is 31.8 Å². The Morgan fingerprint density at radius 2 is 1.71 bits per heavy atom. The summed E-state index contributed by atoms with van der Waals surface area (Å²) in [5.41, 5.74) is 1.67. The molecule has 0 radical (unpaired) electrons. The van der Waals surface area contributed by atoms with Gasteiger partial charge in [-0.1, -0.05) is 24.3 Å². The summed E-state index contributed by atoms with van der Waals surface area (Å²) in [6.07, 6.45) is 1.33. The molecule has 3 rings (SSSR count). The number of carbonyl (C=O) groups is 1. The number of fused-ring (bicyclic) bond motifs is 1. The highest BCUT2D eigenvalue weighted by Gasteiger charge is 2.22. The Morgan fingerprint density at radius 3 is 2.32 bits per heavy atom. The van der Waals surface area contributed by atoms with Crippen LogP contribution in [0.3, 0.4) is 0 Å². The number of esters is 1. The average molecular weight is 399 g/mol. The Balaban J connectivity index is 2.18. The molecule has 0 bridgehead atoms. The van der Waals surface area contributed by atoms with Gasteiger partial charge in [0.25, 0.3) is 0 Å². The molecule has 0 saturated heterocycles. The largest absolute Gasteiger partial charge is 0.461 e. The molecular weight excluding hydrogens is 378 g/mol. The van der Waals surface area contributed by atoms with E-state index in [0.29, 0.717) is 16.5 Å². The number of para-hydroxylation sites is 1. The minimum absolute atomic E-state index is 0.190. The van der Waals surface area contributed by atoms with Gasteiger partial charge in [-0.05, 0) is 36.8 Å². The second kappa shape index (κ2) is 7.59. The van der Waals surface area contributed by atoms with Crippen LogP contribution in [0.4, 0.5) is 0 Å². The monoisotopic (exact) mass is 399 g/mol. The van der Waals surface area contributed by atoms with Crippen molar-refractivity contribution in [2.45, 2.75) is 18.2 Å². The fraction of sp³-hybridized carbons (Fsp3) is 0.238. The number of pyridine rings is 1. The summed E-state index contributed by atoms with van der Waals surface area (Å²) < 4.78 is 30.1. The van der Waals surface area contributed by atoms with Crippen LogP contribution in [0.25, 0.3) is 10.9 Å². The Bertz CT molecular complexity index is 1210. The maximum atomic E-state index is 13.1. The van der Waals surface area contributed by atoms with Crippen LogP contribution in [-0.2, 0) is 28.0 Å². The zero-order valence-corrected chi connectivity index (χ0v) is 16.7. The molecule has 2 aromatic carbocycles. The van der Waals surface area contributed by atoms with E-state index in [4.69, 9.17) is 4.74 Å². The van der Waals surface area contributed by atoms with Gasteiger partial charge in [0.2, 0.25) is 0 Å². The highest BCUT2D eigenvalue weighted by atomic mass is 32.2. The third kappa shape index (κ3) is 3.71. The Labute approximate surface area is 163 Å². The van der Waals surface area contributed by atoms with Gasteiger partial charge in [0.15, 0.2) is 15.3 Å². The van der Waals surface area contributed by atoms with Crippen LogP contribution in [0.1, 0.15) is 28.5 Å². The Morgan fingerprint density at radius 1 is 1.07 bits per heavy atom. The van der Waals surface area contributed by atoms with E-state index in [1.54, 1.807) is 54.9 Å². The summed E-state index contributed by atoms with van der Waals surface area (Å²) in [6.45, 7) is 1.91. The van der Waals surface area contributed by atoms with Crippen molar-refractivity contribution in [1.82, 2.24) is 4.57 Å². The van der Waals surface area contributed by atoms with Crippen molar-refractivity contribution in [3.63, 3.8) is 0 Å². The lowest BCUT2D eigenvalue weighted by Gasteiger charge is -2.16. The molecule has 0 amide bonds. The second-order valence-corrected chi connectivity index (χ2v) is 8.56. The summed E-state index contributed by atoms with van der Waals surface area (Å²) in [5.74, 6) is -0.560. The molecule has 1 heterocycles. The number of hydrogen-bond acceptors (Lipinski definition) is 5. The van der Waals surface area contributed by atoms with Gasteiger partial charge in [-0.2, -0.15) is 0 Å². The maximum Gasteiger partial charge on any atom is 0.355 e. The van der Waals surface area contributed by atoms with Gasteiger partial charge in [-0.3, -0.25) is 4.79 Å². The van der Waals surface area contributed by atoms with E-state index in [-0.39, 0.29) is 29.0 Å². The predicted octanol–water partition coefficient (Wildman–Crippen LogP) is 2.71. The lowest BCUT2D eigenvalue weighted by atomic mass is 10.00. The molecule has 0 N–H and O–H groups in total. The van der Waals surface area contributed by atoms with Gasteiger partial charge in [0.05, 0.1) is 17.0 Å². The van der Waals surface area contributed by atoms with E-state index in [2.05, 4.69) is 0 Å². The molecule has 0 unspecified atom stereocenters. The number of carbonyl (C=O) groups excluding carboxylic acids is 1. The highest BCUT2D eigenvalue weighted by molar-refractivity contribution is 7.90. The quantitative estimate of drug-likeness (QED) is 0.616. The average Bonchev–Trinajstić information content (AvgIpc) is 2.66. The summed E-state index contributed by atoms with van der Waals surface area (Å²) >= 11 is 0. The van der Waals surface area contributed by atoms with Crippen molar-refractivity contribution < 1.29 is 17.9 Å². The number of rotatable bonds is 5. The van der Waals surface area contributed by atoms with Gasteiger partial charge in [0, 0.05) is 30.7 Å². The van der Waals surface area contributed by atoms with Crippen molar-refractivity contribution in [2.24, 2.45) is 7.05 Å². The zero-order chi connectivity index (χ0) is 20.5. The van der Waals surface area contributed by atoms with E-state index >= 15 is 0 Å². The summed E-state index contributed by atoms with van der Waals surface area (Å²) in [6, 6.07) is 13.4. The maximum absolute atomic E-state index is 13.1. The van der Waals surface area contributed by atoms with E-state index < -0.39 is 15.8 Å². The van der Waals surface area contributed by atoms with E-state index in [0.717, 1.165) is 11.8 Å². The molecule has 0 saturated carbocycles. The van der Waals surface area contributed by atoms with Gasteiger partial charge >= 0.3 is 5.97 Å². The molecule has 6 nitrogen and oxygen atoms in total. The van der Waals surface area contributed by atoms with Crippen molar-refractivity contribution in [2.75, 3.05) is 12.9 Å². The zero-order valence-electron chi connectivity index (χ0n) is 15.9. The van der Waals surface area contributed by atoms with Crippen LogP contribution in [0.5, 0.6) is 0 Å². The summed E-state index contributed by atoms with van der Waals surface area (Å²) in [7, 11) is -1.58. The molecule has 3 aromatic rings. The van der Waals surface area contributed by atoms with E-state index in [1.807, 2.05) is 0 Å². The first-order valence-corrected chi connectivity index (χ1v) is 10.7. The SMILES string of the molecule is CCOC(=O)c1c(Cc2ccc(S(C)(=O)=O)cc2)c(=O)c2ccccc2n1C. The number of nitrogens with zero attached hydrogens (tertiary/aromatic N) is 1. The van der Waals surface area contributed by atoms with Crippen molar-refractivity contribution in [3.8, 4) is 0 Å². The van der Waals surface area contributed by atoms with Crippen LogP contribution in [0.2, 0.25) is 0 Å². The van der Waals surface area contributed by atoms with Crippen molar-refractivity contribution in [3.05, 3.63) is 75.6 Å². The molecule has 0 spiro atoms. The first kappa shape index (κ1) is 19.8. The van der Waals surface area contributed by atoms with Crippen molar-refractivity contribution in [1.29, 1.82) is 0 Å². The van der Waals surface area contributed by atoms with Crippen LogP contribution < -0.4 is 5.43 Å². The number of aromatic nitrogens is 1. The minimum Gasteiger partial charge on any atom is -0.461 e. The van der Waals surface area contributed by atoms with Gasteiger partial charge in [0.1, 0.15) is 5.69 Å². The normalized spacial score (nSPS) is 11.5. The smallest absolute Gasteiger partial charge is 0.355 e. The molecule has 0 fully saturated rings. The number of sulfone groups is 1. The first-order chi connectivity index (χ1) is 13.2. The molecule has 0 aliphatic heterocycles.